The van der Waals surface area contributed by atoms with Gasteiger partial charge in [-0.2, -0.15) is 0 Å². The summed E-state index contributed by atoms with van der Waals surface area (Å²) in [6.07, 6.45) is 5.19. The molecule has 0 saturated heterocycles. The Bertz CT molecular complexity index is 521. The van der Waals surface area contributed by atoms with E-state index in [2.05, 4.69) is 55.5 Å². The van der Waals surface area contributed by atoms with E-state index in [9.17, 15) is 0 Å². The van der Waals surface area contributed by atoms with E-state index >= 15 is 0 Å². The van der Waals surface area contributed by atoms with Gasteiger partial charge in [-0.3, -0.25) is 0 Å². The molecule has 0 N–H and O–H groups in total. The molecule has 0 unspecified atom stereocenters. The molecule has 1 heteroatoms. The van der Waals surface area contributed by atoms with Gasteiger partial charge in [-0.25, -0.2) is 0 Å². The number of rotatable bonds is 5. The lowest BCUT2D eigenvalue weighted by molar-refractivity contribution is 0.317. The molecular formula is C18H20O. The summed E-state index contributed by atoms with van der Waals surface area (Å²) in [5.41, 5.74) is 3.68. The zero-order valence-electron chi connectivity index (χ0n) is 11.6. The topological polar surface area (TPSA) is 9.23 Å². The molecule has 0 spiro atoms. The molecular weight excluding hydrogens is 232 g/mol. The molecule has 98 valence electrons. The van der Waals surface area contributed by atoms with Crippen molar-refractivity contribution in [2.24, 2.45) is 0 Å². The molecule has 19 heavy (non-hydrogen) atoms. The lowest BCUT2D eigenvalue weighted by atomic mass is 10.0. The van der Waals surface area contributed by atoms with Crippen LogP contribution in [0.4, 0.5) is 0 Å². The van der Waals surface area contributed by atoms with Crippen molar-refractivity contribution in [3.63, 3.8) is 0 Å². The molecule has 0 fully saturated rings. The Morgan fingerprint density at radius 3 is 2.00 bits per heavy atom. The number of ether oxygens (including phenoxy) is 1. The molecule has 0 aliphatic carbocycles. The van der Waals surface area contributed by atoms with Crippen molar-refractivity contribution in [1.29, 1.82) is 0 Å². The number of benzene rings is 2. The van der Waals surface area contributed by atoms with E-state index in [0.717, 1.165) is 18.8 Å². The van der Waals surface area contributed by atoms with Crippen LogP contribution in [0.25, 0.3) is 17.2 Å². The Labute approximate surface area is 115 Å². The summed E-state index contributed by atoms with van der Waals surface area (Å²) in [6.45, 7) is 4.92. The van der Waals surface area contributed by atoms with Crippen molar-refractivity contribution < 1.29 is 4.74 Å². The van der Waals surface area contributed by atoms with Crippen LogP contribution < -0.4 is 4.74 Å². The smallest absolute Gasteiger partial charge is 0.119 e. The maximum atomic E-state index is 5.59. The number of allylic oxidation sites excluding steroid dienone is 1. The predicted octanol–water partition coefficient (Wildman–Crippen LogP) is 5.18. The van der Waals surface area contributed by atoms with Crippen LogP contribution in [0.1, 0.15) is 25.8 Å². The van der Waals surface area contributed by atoms with E-state index in [0.29, 0.717) is 0 Å². The average Bonchev–Trinajstić information content (AvgIpc) is 2.47. The van der Waals surface area contributed by atoms with E-state index in [1.807, 2.05) is 19.1 Å². The first kappa shape index (κ1) is 13.4. The number of hydrogen-bond acceptors (Lipinski definition) is 1. The summed E-state index contributed by atoms with van der Waals surface area (Å²) in [5, 5.41) is 0. The molecule has 0 radical (unpaired) electrons. The van der Waals surface area contributed by atoms with Crippen molar-refractivity contribution in [1.82, 2.24) is 0 Å². The highest BCUT2D eigenvalue weighted by atomic mass is 16.5. The minimum Gasteiger partial charge on any atom is -0.494 e. The van der Waals surface area contributed by atoms with Crippen LogP contribution in [0.15, 0.2) is 54.6 Å². The highest BCUT2D eigenvalue weighted by Gasteiger charge is 1.98. The highest BCUT2D eigenvalue weighted by molar-refractivity contribution is 5.66. The lowest BCUT2D eigenvalue weighted by Crippen LogP contribution is -1.94. The van der Waals surface area contributed by atoms with Crippen LogP contribution in [-0.4, -0.2) is 6.61 Å². The largest absolute Gasteiger partial charge is 0.494 e. The Balaban J connectivity index is 2.12. The Morgan fingerprint density at radius 2 is 1.47 bits per heavy atom. The monoisotopic (exact) mass is 252 g/mol. The first-order valence-electron chi connectivity index (χ1n) is 6.79. The first-order chi connectivity index (χ1) is 9.33. The van der Waals surface area contributed by atoms with Gasteiger partial charge in [0.15, 0.2) is 0 Å². The third-order valence-corrected chi connectivity index (χ3v) is 2.93. The average molecular weight is 252 g/mol. The minimum absolute atomic E-state index is 0.775. The Kier molecular flexibility index (Phi) is 4.79. The molecule has 0 atom stereocenters. The van der Waals surface area contributed by atoms with Crippen molar-refractivity contribution in [3.05, 3.63) is 60.2 Å². The maximum Gasteiger partial charge on any atom is 0.119 e. The van der Waals surface area contributed by atoms with Gasteiger partial charge in [0, 0.05) is 0 Å². The summed E-state index contributed by atoms with van der Waals surface area (Å²) in [6, 6.07) is 16.9. The van der Waals surface area contributed by atoms with Crippen LogP contribution in [0.5, 0.6) is 5.75 Å². The second kappa shape index (κ2) is 6.79. The van der Waals surface area contributed by atoms with E-state index < -0.39 is 0 Å². The Hall–Kier alpha value is -2.02. The fraction of sp³-hybridized carbons (Fsp3) is 0.222. The van der Waals surface area contributed by atoms with Gasteiger partial charge in [0.2, 0.25) is 0 Å². The molecule has 0 bridgehead atoms. The van der Waals surface area contributed by atoms with Crippen LogP contribution >= 0.6 is 0 Å². The summed E-state index contributed by atoms with van der Waals surface area (Å²) < 4.78 is 5.59. The second-order valence-corrected chi connectivity index (χ2v) is 4.49. The van der Waals surface area contributed by atoms with Crippen LogP contribution in [0, 0.1) is 0 Å². The predicted molar refractivity (Wildman–Crippen MR) is 82.4 cm³/mol. The van der Waals surface area contributed by atoms with Crippen molar-refractivity contribution in [3.8, 4) is 16.9 Å². The molecule has 0 aromatic heterocycles. The molecule has 0 saturated carbocycles. The van der Waals surface area contributed by atoms with E-state index in [1.165, 1.54) is 16.7 Å². The normalized spacial score (nSPS) is 10.8. The van der Waals surface area contributed by atoms with Crippen LogP contribution in [-0.2, 0) is 0 Å². The third-order valence-electron chi connectivity index (χ3n) is 2.93. The fourth-order valence-corrected chi connectivity index (χ4v) is 1.94. The van der Waals surface area contributed by atoms with Crippen molar-refractivity contribution in [2.45, 2.75) is 20.3 Å². The fourth-order valence-electron chi connectivity index (χ4n) is 1.94. The van der Waals surface area contributed by atoms with Gasteiger partial charge in [0.25, 0.3) is 0 Å². The van der Waals surface area contributed by atoms with Crippen LogP contribution in [0.3, 0.4) is 0 Å². The van der Waals surface area contributed by atoms with E-state index in [-0.39, 0.29) is 0 Å². The van der Waals surface area contributed by atoms with Gasteiger partial charge in [-0.15, -0.1) is 0 Å². The standard InChI is InChI=1S/C18H20O/c1-3-5-15-6-8-16(9-7-15)17-10-12-18(13-11-17)19-14-4-2/h3,5-13H,4,14H2,1-2H3. The molecule has 2 aromatic carbocycles. The van der Waals surface area contributed by atoms with E-state index in [4.69, 9.17) is 4.74 Å². The van der Waals surface area contributed by atoms with Gasteiger partial charge < -0.3 is 4.74 Å². The van der Waals surface area contributed by atoms with Gasteiger partial charge >= 0.3 is 0 Å². The molecule has 0 heterocycles. The zero-order valence-corrected chi connectivity index (χ0v) is 11.6. The molecule has 1 nitrogen and oxygen atoms in total. The summed E-state index contributed by atoms with van der Waals surface area (Å²) in [7, 11) is 0. The third kappa shape index (κ3) is 3.72. The summed E-state index contributed by atoms with van der Waals surface area (Å²) in [5.74, 6) is 0.941. The summed E-state index contributed by atoms with van der Waals surface area (Å²) in [4.78, 5) is 0. The first-order valence-corrected chi connectivity index (χ1v) is 6.79. The Morgan fingerprint density at radius 1 is 0.895 bits per heavy atom. The number of hydrogen-bond donors (Lipinski definition) is 0. The second-order valence-electron chi connectivity index (χ2n) is 4.49. The maximum absolute atomic E-state index is 5.59. The minimum atomic E-state index is 0.775. The highest BCUT2D eigenvalue weighted by Crippen LogP contribution is 2.23. The zero-order chi connectivity index (χ0) is 13.5. The van der Waals surface area contributed by atoms with Crippen molar-refractivity contribution in [2.75, 3.05) is 6.61 Å². The van der Waals surface area contributed by atoms with E-state index in [1.54, 1.807) is 0 Å². The lowest BCUT2D eigenvalue weighted by Gasteiger charge is -2.06. The summed E-state index contributed by atoms with van der Waals surface area (Å²) >= 11 is 0. The van der Waals surface area contributed by atoms with Gasteiger partial charge in [-0.1, -0.05) is 55.5 Å². The van der Waals surface area contributed by atoms with Crippen molar-refractivity contribution >= 4 is 6.08 Å². The molecule has 0 aliphatic heterocycles. The SMILES string of the molecule is CC=Cc1ccc(-c2ccc(OCCC)cc2)cc1. The molecule has 2 aromatic rings. The van der Waals surface area contributed by atoms with Gasteiger partial charge in [-0.05, 0) is 42.2 Å². The molecule has 0 aliphatic rings. The van der Waals surface area contributed by atoms with Crippen LogP contribution in [0.2, 0.25) is 0 Å². The van der Waals surface area contributed by atoms with Gasteiger partial charge in [0.05, 0.1) is 6.61 Å². The molecule has 2 rings (SSSR count). The van der Waals surface area contributed by atoms with Gasteiger partial charge in [0.1, 0.15) is 5.75 Å². The molecule has 0 amide bonds. The quantitative estimate of drug-likeness (QED) is 0.712.